The van der Waals surface area contributed by atoms with E-state index in [-0.39, 0.29) is 0 Å². The molecule has 3 heteroatoms. The van der Waals surface area contributed by atoms with E-state index in [0.717, 1.165) is 43.3 Å². The summed E-state index contributed by atoms with van der Waals surface area (Å²) in [6.07, 6.45) is 8.80. The Balaban J connectivity index is 2.22. The summed E-state index contributed by atoms with van der Waals surface area (Å²) < 4.78 is 5.77. The van der Waals surface area contributed by atoms with E-state index in [1.165, 1.54) is 37.7 Å². The molecule has 120 valence electrons. The van der Waals surface area contributed by atoms with Crippen LogP contribution in [-0.4, -0.2) is 13.2 Å². The Kier molecular flexibility index (Phi) is 10.4. The third kappa shape index (κ3) is 8.33. The van der Waals surface area contributed by atoms with Crippen LogP contribution in [0.1, 0.15) is 64.4 Å². The van der Waals surface area contributed by atoms with Crippen LogP contribution in [0.3, 0.4) is 0 Å². The summed E-state index contributed by atoms with van der Waals surface area (Å²) in [4.78, 5) is 0. The van der Waals surface area contributed by atoms with Gasteiger partial charge in [0.15, 0.2) is 0 Å². The van der Waals surface area contributed by atoms with E-state index in [4.69, 9.17) is 16.3 Å². The van der Waals surface area contributed by atoms with Crippen molar-refractivity contribution in [1.82, 2.24) is 5.32 Å². The maximum Gasteiger partial charge on any atom is 0.137 e. The molecule has 1 aromatic carbocycles. The Hall–Kier alpha value is -0.730. The minimum Gasteiger partial charge on any atom is -0.492 e. The number of nitrogens with one attached hydrogen (secondary N) is 1. The fraction of sp³-hybridized carbons (Fsp3) is 0.667. The van der Waals surface area contributed by atoms with Crippen LogP contribution < -0.4 is 10.1 Å². The van der Waals surface area contributed by atoms with E-state index in [0.29, 0.717) is 0 Å². The van der Waals surface area contributed by atoms with Crippen molar-refractivity contribution >= 4 is 11.6 Å². The van der Waals surface area contributed by atoms with E-state index in [1.54, 1.807) is 0 Å². The van der Waals surface area contributed by atoms with Gasteiger partial charge in [-0.3, -0.25) is 0 Å². The minimum absolute atomic E-state index is 0.719. The molecule has 0 saturated carbocycles. The van der Waals surface area contributed by atoms with Gasteiger partial charge in [0.05, 0.1) is 11.6 Å². The molecule has 0 atom stereocenters. The van der Waals surface area contributed by atoms with Crippen molar-refractivity contribution < 1.29 is 4.74 Å². The molecule has 0 heterocycles. The topological polar surface area (TPSA) is 21.3 Å². The van der Waals surface area contributed by atoms with E-state index in [1.807, 2.05) is 12.1 Å². The number of unbranched alkanes of at least 4 members (excludes halogenated alkanes) is 5. The number of benzene rings is 1. The molecular weight excluding hydrogens is 282 g/mol. The zero-order valence-corrected chi connectivity index (χ0v) is 14.3. The molecule has 1 rings (SSSR count). The second-order valence-electron chi connectivity index (χ2n) is 5.56. The Morgan fingerprint density at radius 1 is 1.00 bits per heavy atom. The van der Waals surface area contributed by atoms with Crippen LogP contribution in [0.4, 0.5) is 0 Å². The van der Waals surface area contributed by atoms with Crippen molar-refractivity contribution in [1.29, 1.82) is 0 Å². The monoisotopic (exact) mass is 311 g/mol. The highest BCUT2D eigenvalue weighted by Gasteiger charge is 2.03. The second-order valence-corrected chi connectivity index (χ2v) is 5.96. The Labute approximate surface area is 135 Å². The van der Waals surface area contributed by atoms with Gasteiger partial charge in [0.1, 0.15) is 5.75 Å². The van der Waals surface area contributed by atoms with Gasteiger partial charge in [0.25, 0.3) is 0 Å². The lowest BCUT2D eigenvalue weighted by atomic mass is 10.1. The first-order valence-corrected chi connectivity index (χ1v) is 8.77. The van der Waals surface area contributed by atoms with Crippen molar-refractivity contribution in [2.45, 2.75) is 65.3 Å². The van der Waals surface area contributed by atoms with Gasteiger partial charge in [-0.05, 0) is 37.1 Å². The minimum atomic E-state index is 0.719. The normalized spacial score (nSPS) is 10.8. The zero-order valence-electron chi connectivity index (χ0n) is 13.6. The molecule has 1 aromatic rings. The SMILES string of the molecule is CCCCCCCCOc1ccc(CNCCC)cc1Cl. The van der Waals surface area contributed by atoms with Crippen molar-refractivity contribution in [3.05, 3.63) is 28.8 Å². The Bertz CT molecular complexity index is 381. The molecule has 0 aliphatic rings. The maximum absolute atomic E-state index is 6.27. The summed E-state index contributed by atoms with van der Waals surface area (Å²) in [5.41, 5.74) is 1.21. The Morgan fingerprint density at radius 2 is 1.76 bits per heavy atom. The number of halogens is 1. The molecule has 0 bridgehead atoms. The Morgan fingerprint density at radius 3 is 2.48 bits per heavy atom. The van der Waals surface area contributed by atoms with Gasteiger partial charge in [0, 0.05) is 6.54 Å². The highest BCUT2D eigenvalue weighted by molar-refractivity contribution is 6.32. The van der Waals surface area contributed by atoms with E-state index < -0.39 is 0 Å². The molecule has 0 saturated heterocycles. The van der Waals surface area contributed by atoms with Crippen LogP contribution in [0, 0.1) is 0 Å². The molecule has 0 spiro atoms. The van der Waals surface area contributed by atoms with E-state index in [2.05, 4.69) is 25.2 Å². The van der Waals surface area contributed by atoms with Gasteiger partial charge >= 0.3 is 0 Å². The first-order valence-electron chi connectivity index (χ1n) is 8.39. The smallest absolute Gasteiger partial charge is 0.137 e. The van der Waals surface area contributed by atoms with Gasteiger partial charge in [-0.1, -0.05) is 63.6 Å². The van der Waals surface area contributed by atoms with Crippen molar-refractivity contribution in [3.63, 3.8) is 0 Å². The maximum atomic E-state index is 6.27. The fourth-order valence-electron chi connectivity index (χ4n) is 2.25. The van der Waals surface area contributed by atoms with Crippen LogP contribution in [-0.2, 0) is 6.54 Å². The van der Waals surface area contributed by atoms with Crippen LogP contribution in [0.5, 0.6) is 5.75 Å². The van der Waals surface area contributed by atoms with Gasteiger partial charge in [-0.15, -0.1) is 0 Å². The molecule has 0 amide bonds. The lowest BCUT2D eigenvalue weighted by Gasteiger charge is -2.10. The van der Waals surface area contributed by atoms with E-state index >= 15 is 0 Å². The lowest BCUT2D eigenvalue weighted by molar-refractivity contribution is 0.304. The average Bonchev–Trinajstić information content (AvgIpc) is 2.48. The highest BCUT2D eigenvalue weighted by atomic mass is 35.5. The summed E-state index contributed by atoms with van der Waals surface area (Å²) in [7, 11) is 0. The fourth-order valence-corrected chi connectivity index (χ4v) is 2.50. The van der Waals surface area contributed by atoms with Crippen LogP contribution in [0.25, 0.3) is 0 Å². The quantitative estimate of drug-likeness (QED) is 0.509. The van der Waals surface area contributed by atoms with E-state index in [9.17, 15) is 0 Å². The number of ether oxygens (including phenoxy) is 1. The van der Waals surface area contributed by atoms with Gasteiger partial charge in [-0.2, -0.15) is 0 Å². The molecule has 0 fully saturated rings. The molecule has 0 unspecified atom stereocenters. The molecule has 0 aliphatic heterocycles. The summed E-state index contributed by atoms with van der Waals surface area (Å²) in [6.45, 7) is 7.07. The van der Waals surface area contributed by atoms with Gasteiger partial charge in [-0.25, -0.2) is 0 Å². The zero-order chi connectivity index (χ0) is 15.3. The second kappa shape index (κ2) is 11.9. The van der Waals surface area contributed by atoms with Crippen molar-refractivity contribution in [3.8, 4) is 5.75 Å². The third-order valence-corrected chi connectivity index (χ3v) is 3.80. The summed E-state index contributed by atoms with van der Waals surface area (Å²) in [6, 6.07) is 6.08. The molecule has 0 aromatic heterocycles. The predicted molar refractivity (Wildman–Crippen MR) is 92.3 cm³/mol. The molecule has 0 aliphatic carbocycles. The van der Waals surface area contributed by atoms with Crippen molar-refractivity contribution in [2.24, 2.45) is 0 Å². The predicted octanol–water partition coefficient (Wildman–Crippen LogP) is 5.58. The molecule has 1 N–H and O–H groups in total. The van der Waals surface area contributed by atoms with Crippen LogP contribution in [0.2, 0.25) is 5.02 Å². The number of hydrogen-bond donors (Lipinski definition) is 1. The highest BCUT2D eigenvalue weighted by Crippen LogP contribution is 2.25. The average molecular weight is 312 g/mol. The first-order chi connectivity index (χ1) is 10.3. The van der Waals surface area contributed by atoms with Crippen molar-refractivity contribution in [2.75, 3.05) is 13.2 Å². The summed E-state index contributed by atoms with van der Waals surface area (Å²) in [5.74, 6) is 0.810. The molecule has 21 heavy (non-hydrogen) atoms. The standard InChI is InChI=1S/C18H30ClNO/c1-3-5-6-7-8-9-13-21-18-11-10-16(14-17(18)19)15-20-12-4-2/h10-11,14,20H,3-9,12-13,15H2,1-2H3. The third-order valence-electron chi connectivity index (χ3n) is 3.51. The number of rotatable bonds is 12. The van der Waals surface area contributed by atoms with Crippen LogP contribution in [0.15, 0.2) is 18.2 Å². The summed E-state index contributed by atoms with van der Waals surface area (Å²) in [5, 5.41) is 4.09. The molecule has 2 nitrogen and oxygen atoms in total. The number of hydrogen-bond acceptors (Lipinski definition) is 2. The van der Waals surface area contributed by atoms with Crippen LogP contribution >= 0.6 is 11.6 Å². The van der Waals surface area contributed by atoms with Gasteiger partial charge < -0.3 is 10.1 Å². The first kappa shape index (κ1) is 18.3. The van der Waals surface area contributed by atoms with Gasteiger partial charge in [0.2, 0.25) is 0 Å². The largest absolute Gasteiger partial charge is 0.492 e. The summed E-state index contributed by atoms with van der Waals surface area (Å²) >= 11 is 6.27. The lowest BCUT2D eigenvalue weighted by Crippen LogP contribution is -2.13. The molecular formula is C18H30ClNO. The molecule has 0 radical (unpaired) electrons.